The Labute approximate surface area is 181 Å². The van der Waals surface area contributed by atoms with Gasteiger partial charge in [0.05, 0.1) is 12.2 Å². The van der Waals surface area contributed by atoms with Crippen LogP contribution in [0.1, 0.15) is 40.9 Å². The molecule has 0 radical (unpaired) electrons. The van der Waals surface area contributed by atoms with E-state index in [0.717, 1.165) is 18.4 Å². The first kappa shape index (κ1) is 19.5. The molecule has 2 aliphatic rings. The van der Waals surface area contributed by atoms with Gasteiger partial charge in [0.15, 0.2) is 0 Å². The van der Waals surface area contributed by atoms with Crippen LogP contribution in [0.4, 0.5) is 0 Å². The number of rotatable bonds is 4. The van der Waals surface area contributed by atoms with Gasteiger partial charge >= 0.3 is 0 Å². The predicted octanol–water partition coefficient (Wildman–Crippen LogP) is 3.65. The highest BCUT2D eigenvalue weighted by Gasteiger charge is 2.52. The smallest absolute Gasteiger partial charge is 0.292 e. The van der Waals surface area contributed by atoms with Crippen LogP contribution in [0.15, 0.2) is 77.4 Å². The second-order valence-electron chi connectivity index (χ2n) is 8.42. The minimum absolute atomic E-state index is 0.123. The number of nitrogens with zero attached hydrogens (tertiary/aromatic N) is 3. The Morgan fingerprint density at radius 1 is 1.03 bits per heavy atom. The Morgan fingerprint density at radius 2 is 1.77 bits per heavy atom. The molecule has 2 aliphatic heterocycles. The summed E-state index contributed by atoms with van der Waals surface area (Å²) >= 11 is 0. The molecular weight excluding hydrogens is 390 g/mol. The van der Waals surface area contributed by atoms with Crippen molar-refractivity contribution in [3.63, 3.8) is 0 Å². The largest absolute Gasteiger partial charge is 0.351 e. The van der Waals surface area contributed by atoms with Crippen LogP contribution < -0.4 is 0 Å². The van der Waals surface area contributed by atoms with E-state index in [2.05, 4.69) is 17.3 Å². The van der Waals surface area contributed by atoms with Crippen LogP contribution in [-0.2, 0) is 16.8 Å². The Morgan fingerprint density at radius 3 is 2.48 bits per heavy atom. The summed E-state index contributed by atoms with van der Waals surface area (Å²) in [6.45, 7) is 1.68. The average Bonchev–Trinajstić information content (AvgIpc) is 3.45. The van der Waals surface area contributed by atoms with Gasteiger partial charge in [-0.1, -0.05) is 65.8 Å². The lowest BCUT2D eigenvalue weighted by atomic mass is 9.71. The van der Waals surface area contributed by atoms with Crippen LogP contribution in [0.25, 0.3) is 0 Å². The molecule has 0 unspecified atom stereocenters. The van der Waals surface area contributed by atoms with Gasteiger partial charge in [-0.15, -0.1) is 0 Å². The molecule has 5 rings (SSSR count). The average molecular weight is 415 g/mol. The first-order chi connectivity index (χ1) is 15.2. The maximum absolute atomic E-state index is 13.3. The van der Waals surface area contributed by atoms with E-state index >= 15 is 0 Å². The highest BCUT2D eigenvalue weighted by molar-refractivity contribution is 5.92. The van der Waals surface area contributed by atoms with Crippen molar-refractivity contribution >= 4 is 11.8 Å². The minimum atomic E-state index is -0.252. The molecule has 3 aromatic rings. The van der Waals surface area contributed by atoms with Crippen molar-refractivity contribution in [2.24, 2.45) is 0 Å². The number of hydrogen-bond donors (Lipinski definition) is 0. The number of carbonyl (C=O) groups excluding carboxylic acids is 2. The highest BCUT2D eigenvalue weighted by Crippen LogP contribution is 2.46. The second-order valence-corrected chi connectivity index (χ2v) is 8.42. The van der Waals surface area contributed by atoms with E-state index in [4.69, 9.17) is 4.52 Å². The lowest BCUT2D eigenvalue weighted by Crippen LogP contribution is -2.50. The Bertz CT molecular complexity index is 1050. The lowest BCUT2D eigenvalue weighted by Gasteiger charge is -2.38. The number of benzene rings is 2. The first-order valence-corrected chi connectivity index (χ1v) is 10.8. The van der Waals surface area contributed by atoms with Gasteiger partial charge in [-0.2, -0.15) is 0 Å². The monoisotopic (exact) mass is 415 g/mol. The predicted molar refractivity (Wildman–Crippen MR) is 115 cm³/mol. The topological polar surface area (TPSA) is 66.7 Å². The Kier molecular flexibility index (Phi) is 5.06. The zero-order valence-electron chi connectivity index (χ0n) is 17.3. The van der Waals surface area contributed by atoms with Crippen LogP contribution in [0.5, 0.6) is 0 Å². The van der Waals surface area contributed by atoms with Crippen LogP contribution >= 0.6 is 0 Å². The molecule has 6 nitrogen and oxygen atoms in total. The van der Waals surface area contributed by atoms with Gasteiger partial charge in [-0.05, 0) is 24.0 Å². The normalized spacial score (nSPS) is 23.5. The first-order valence-electron chi connectivity index (χ1n) is 10.8. The van der Waals surface area contributed by atoms with E-state index in [0.29, 0.717) is 26.1 Å². The number of fused-ring (bicyclic) bond motifs is 1. The summed E-state index contributed by atoms with van der Waals surface area (Å²) in [6.07, 6.45) is 3.52. The molecule has 0 spiro atoms. The summed E-state index contributed by atoms with van der Waals surface area (Å²) in [7, 11) is 0. The van der Waals surface area contributed by atoms with Crippen molar-refractivity contribution in [3.8, 4) is 0 Å². The van der Waals surface area contributed by atoms with E-state index in [-0.39, 0.29) is 29.0 Å². The van der Waals surface area contributed by atoms with E-state index in [1.165, 1.54) is 11.8 Å². The number of likely N-dealkylation sites (tertiary alicyclic amines) is 2. The lowest BCUT2D eigenvalue weighted by molar-refractivity contribution is -0.131. The fourth-order valence-corrected chi connectivity index (χ4v) is 5.22. The summed E-state index contributed by atoms with van der Waals surface area (Å²) in [5, 5.41) is 3.71. The molecule has 1 aromatic heterocycles. The van der Waals surface area contributed by atoms with E-state index in [1.54, 1.807) is 6.07 Å². The quantitative estimate of drug-likeness (QED) is 0.652. The van der Waals surface area contributed by atoms with Crippen molar-refractivity contribution in [2.45, 2.75) is 37.3 Å². The summed E-state index contributed by atoms with van der Waals surface area (Å²) < 4.78 is 5.18. The van der Waals surface area contributed by atoms with Gasteiger partial charge < -0.3 is 14.3 Å². The van der Waals surface area contributed by atoms with Gasteiger partial charge in [0.1, 0.15) is 0 Å². The molecule has 31 heavy (non-hydrogen) atoms. The van der Waals surface area contributed by atoms with Crippen molar-refractivity contribution < 1.29 is 14.1 Å². The molecule has 2 saturated heterocycles. The summed E-state index contributed by atoms with van der Waals surface area (Å²) in [5.74, 6) is 0.226. The van der Waals surface area contributed by atoms with Crippen molar-refractivity contribution in [1.82, 2.24) is 15.0 Å². The van der Waals surface area contributed by atoms with Crippen LogP contribution in [0.2, 0.25) is 0 Å². The third kappa shape index (κ3) is 3.52. The third-order valence-electron chi connectivity index (χ3n) is 6.82. The van der Waals surface area contributed by atoms with Crippen LogP contribution in [0.3, 0.4) is 0 Å². The van der Waals surface area contributed by atoms with Crippen molar-refractivity contribution in [1.29, 1.82) is 0 Å². The molecule has 3 heterocycles. The van der Waals surface area contributed by atoms with Gasteiger partial charge in [0.2, 0.25) is 11.7 Å². The minimum Gasteiger partial charge on any atom is -0.351 e. The van der Waals surface area contributed by atoms with Crippen LogP contribution in [0, 0.1) is 0 Å². The number of carbonyl (C=O) groups is 2. The SMILES string of the molecule is O=C1CC[C@]2(c3ccccc3)CCN(C(=O)c3ccno3)[C@H]2CN1Cc1ccccc1. The number of aromatic nitrogens is 1. The molecule has 0 aliphatic carbocycles. The van der Waals surface area contributed by atoms with Gasteiger partial charge in [-0.3, -0.25) is 9.59 Å². The fourth-order valence-electron chi connectivity index (χ4n) is 5.22. The van der Waals surface area contributed by atoms with Gasteiger partial charge in [0.25, 0.3) is 5.91 Å². The van der Waals surface area contributed by atoms with E-state index in [1.807, 2.05) is 58.3 Å². The molecule has 158 valence electrons. The summed E-state index contributed by atoms with van der Waals surface area (Å²) in [5.41, 5.74) is 2.04. The van der Waals surface area contributed by atoms with Crippen molar-refractivity contribution in [3.05, 3.63) is 89.8 Å². The molecule has 2 atom stereocenters. The maximum Gasteiger partial charge on any atom is 0.292 e. The van der Waals surface area contributed by atoms with Crippen LogP contribution in [-0.4, -0.2) is 45.9 Å². The molecule has 2 amide bonds. The number of amides is 2. The van der Waals surface area contributed by atoms with E-state index in [9.17, 15) is 9.59 Å². The molecule has 0 bridgehead atoms. The highest BCUT2D eigenvalue weighted by atomic mass is 16.5. The zero-order chi connectivity index (χ0) is 21.3. The molecule has 0 saturated carbocycles. The molecule has 2 fully saturated rings. The fraction of sp³-hybridized carbons (Fsp3) is 0.320. The maximum atomic E-state index is 13.3. The third-order valence-corrected chi connectivity index (χ3v) is 6.82. The summed E-state index contributed by atoms with van der Waals surface area (Å²) in [6, 6.07) is 21.9. The van der Waals surface area contributed by atoms with Gasteiger partial charge in [0, 0.05) is 37.5 Å². The van der Waals surface area contributed by atoms with E-state index < -0.39 is 0 Å². The van der Waals surface area contributed by atoms with Crippen molar-refractivity contribution in [2.75, 3.05) is 13.1 Å². The second kappa shape index (κ2) is 8.02. The molecule has 0 N–H and O–H groups in total. The molecule has 2 aromatic carbocycles. The Hall–Kier alpha value is -3.41. The zero-order valence-corrected chi connectivity index (χ0v) is 17.3. The standard InChI is InChI=1S/C25H25N3O3/c29-23-11-13-25(20-9-5-2-6-10-20)14-16-28(24(30)21-12-15-26-31-21)22(25)18-27(23)17-19-7-3-1-4-8-19/h1-10,12,15,22H,11,13-14,16-18H2/t22-,25+/m0/s1. The molecule has 6 heteroatoms. The number of hydrogen-bond acceptors (Lipinski definition) is 4. The van der Waals surface area contributed by atoms with Gasteiger partial charge in [-0.25, -0.2) is 0 Å². The summed E-state index contributed by atoms with van der Waals surface area (Å²) in [4.78, 5) is 30.2. The molecular formula is C25H25N3O3. The Balaban J connectivity index is 1.52.